The highest BCUT2D eigenvalue weighted by Crippen LogP contribution is 2.18. The average Bonchev–Trinajstić information content (AvgIpc) is 3.36. The quantitative estimate of drug-likeness (QED) is 0.0321. The molecule has 0 rings (SSSR count). The average molecular weight is 989 g/mol. The molecule has 0 bridgehead atoms. The highest BCUT2D eigenvalue weighted by Gasteiger charge is 2.20. The van der Waals surface area contributed by atoms with Crippen molar-refractivity contribution in [1.29, 1.82) is 0 Å². The molecule has 0 saturated heterocycles. The summed E-state index contributed by atoms with van der Waals surface area (Å²) in [5, 5.41) is 23.4. The van der Waals surface area contributed by atoms with Crippen molar-refractivity contribution in [3.63, 3.8) is 0 Å². The van der Waals surface area contributed by atoms with Gasteiger partial charge >= 0.3 is 5.97 Å². The van der Waals surface area contributed by atoms with Crippen LogP contribution in [0.4, 0.5) is 0 Å². The van der Waals surface area contributed by atoms with Gasteiger partial charge in [-0.25, -0.2) is 0 Å². The summed E-state index contributed by atoms with van der Waals surface area (Å²) in [4.78, 5) is 24.6. The first-order valence-electron chi connectivity index (χ1n) is 31.9. The van der Waals surface area contributed by atoms with Crippen LogP contribution in [0.2, 0.25) is 0 Å². The molecule has 0 aromatic heterocycles. The second-order valence-corrected chi connectivity index (χ2v) is 22.1. The number of amides is 1. The largest absolute Gasteiger partial charge is 0.466 e. The van der Waals surface area contributed by atoms with E-state index in [0.29, 0.717) is 25.9 Å². The maximum absolute atomic E-state index is 12.5. The third-order valence-corrected chi connectivity index (χ3v) is 15.1. The Morgan fingerprint density at radius 2 is 0.671 bits per heavy atom. The lowest BCUT2D eigenvalue weighted by atomic mass is 10.0. The molecule has 0 saturated carbocycles. The minimum absolute atomic E-state index is 0.000496. The van der Waals surface area contributed by atoms with Crippen LogP contribution in [0.1, 0.15) is 361 Å². The standard InChI is InChI=1S/C64H125NO5/c1-3-5-7-9-11-13-15-17-19-20-21-22-25-29-32-36-40-44-48-52-56-62(67)61(60-66)65-63(68)57-53-49-45-41-37-33-30-26-23-24-27-31-35-39-43-47-51-55-59-70-64(69)58-54-50-46-42-38-34-28-18-16-14-12-10-8-6-4-2/h18,28,61-62,66-67H,3-17,19-27,29-60H2,1-2H3,(H,65,68)/b28-18-. The van der Waals surface area contributed by atoms with Gasteiger partial charge < -0.3 is 20.3 Å². The lowest BCUT2D eigenvalue weighted by Crippen LogP contribution is -2.45. The molecule has 1 amide bonds. The predicted octanol–water partition coefficient (Wildman–Crippen LogP) is 20.0. The summed E-state index contributed by atoms with van der Waals surface area (Å²) < 4.78 is 5.48. The van der Waals surface area contributed by atoms with Gasteiger partial charge in [0.05, 0.1) is 25.4 Å². The third-order valence-electron chi connectivity index (χ3n) is 15.1. The molecule has 6 nitrogen and oxygen atoms in total. The molecule has 2 unspecified atom stereocenters. The molecule has 0 aromatic carbocycles. The molecule has 70 heavy (non-hydrogen) atoms. The smallest absolute Gasteiger partial charge is 0.305 e. The zero-order valence-electron chi connectivity index (χ0n) is 47.5. The molecule has 0 radical (unpaired) electrons. The van der Waals surface area contributed by atoms with E-state index in [0.717, 1.165) is 44.9 Å². The number of carbonyl (C=O) groups excluding carboxylic acids is 2. The van der Waals surface area contributed by atoms with Crippen molar-refractivity contribution >= 4 is 11.9 Å². The van der Waals surface area contributed by atoms with Gasteiger partial charge in [0.2, 0.25) is 5.91 Å². The van der Waals surface area contributed by atoms with Crippen molar-refractivity contribution in [1.82, 2.24) is 5.32 Å². The predicted molar refractivity (Wildman–Crippen MR) is 306 cm³/mol. The third kappa shape index (κ3) is 55.9. The number of aliphatic hydroxyl groups is 2. The first-order chi connectivity index (χ1) is 34.5. The fourth-order valence-electron chi connectivity index (χ4n) is 10.2. The topological polar surface area (TPSA) is 95.9 Å². The van der Waals surface area contributed by atoms with Gasteiger partial charge in [0.25, 0.3) is 0 Å². The molecule has 0 fully saturated rings. The minimum Gasteiger partial charge on any atom is -0.466 e. The Balaban J connectivity index is 3.40. The summed E-state index contributed by atoms with van der Waals surface area (Å²) in [6.07, 6.45) is 72.2. The molecule has 0 aliphatic rings. The summed E-state index contributed by atoms with van der Waals surface area (Å²) in [7, 11) is 0. The molecule has 0 spiro atoms. The van der Waals surface area contributed by atoms with E-state index in [1.807, 2.05) is 0 Å². The number of aliphatic hydroxyl groups excluding tert-OH is 2. The Bertz CT molecular complexity index is 1050. The lowest BCUT2D eigenvalue weighted by molar-refractivity contribution is -0.143. The number of hydrogen-bond donors (Lipinski definition) is 3. The van der Waals surface area contributed by atoms with Crippen LogP contribution in [-0.4, -0.2) is 47.4 Å². The van der Waals surface area contributed by atoms with E-state index in [2.05, 4.69) is 31.3 Å². The number of nitrogens with one attached hydrogen (secondary N) is 1. The van der Waals surface area contributed by atoms with Crippen molar-refractivity contribution in [2.24, 2.45) is 0 Å². The summed E-state index contributed by atoms with van der Waals surface area (Å²) in [6, 6.07) is -0.545. The Labute approximate surface area is 438 Å². The number of allylic oxidation sites excluding steroid dienone is 2. The highest BCUT2D eigenvalue weighted by molar-refractivity contribution is 5.76. The SMILES string of the molecule is CCCCCCCC/C=C\CCCCCCCC(=O)OCCCCCCCCCCCCCCCCCCCCC(=O)NC(CO)C(O)CCCCCCCCCCCCCCCCCCCCCC. The first-order valence-corrected chi connectivity index (χ1v) is 31.9. The van der Waals surface area contributed by atoms with Crippen LogP contribution in [0, 0.1) is 0 Å². The molecule has 416 valence electrons. The van der Waals surface area contributed by atoms with Crippen molar-refractivity contribution in [3.8, 4) is 0 Å². The van der Waals surface area contributed by atoms with Crippen molar-refractivity contribution in [3.05, 3.63) is 12.2 Å². The molecule has 0 aliphatic heterocycles. The lowest BCUT2D eigenvalue weighted by Gasteiger charge is -2.22. The summed E-state index contributed by atoms with van der Waals surface area (Å²) in [5.74, 6) is -0.0347. The summed E-state index contributed by atoms with van der Waals surface area (Å²) in [5.41, 5.74) is 0. The van der Waals surface area contributed by atoms with E-state index in [1.54, 1.807) is 0 Å². The maximum atomic E-state index is 12.5. The van der Waals surface area contributed by atoms with Gasteiger partial charge in [-0.1, -0.05) is 309 Å². The maximum Gasteiger partial charge on any atom is 0.305 e. The number of unbranched alkanes of at least 4 members (excludes halogenated alkanes) is 47. The molecule has 2 atom stereocenters. The normalized spacial score (nSPS) is 12.6. The molecule has 0 aromatic rings. The van der Waals surface area contributed by atoms with Gasteiger partial charge in [0.1, 0.15) is 0 Å². The first kappa shape index (κ1) is 68.6. The zero-order valence-corrected chi connectivity index (χ0v) is 47.5. The van der Waals surface area contributed by atoms with Crippen LogP contribution >= 0.6 is 0 Å². The highest BCUT2D eigenvalue weighted by atomic mass is 16.5. The second kappa shape index (κ2) is 60.2. The van der Waals surface area contributed by atoms with Crippen LogP contribution in [0.5, 0.6) is 0 Å². The van der Waals surface area contributed by atoms with Gasteiger partial charge in [-0.2, -0.15) is 0 Å². The van der Waals surface area contributed by atoms with E-state index in [9.17, 15) is 19.8 Å². The summed E-state index contributed by atoms with van der Waals surface area (Å²) in [6.45, 7) is 4.97. The van der Waals surface area contributed by atoms with E-state index in [1.165, 1.54) is 283 Å². The van der Waals surface area contributed by atoms with Gasteiger partial charge in [-0.3, -0.25) is 9.59 Å². The van der Waals surface area contributed by atoms with Crippen LogP contribution in [0.3, 0.4) is 0 Å². The molecular formula is C64H125NO5. The van der Waals surface area contributed by atoms with Gasteiger partial charge in [0, 0.05) is 12.8 Å². The fraction of sp³-hybridized carbons (Fsp3) is 0.938. The Kier molecular flexibility index (Phi) is 59.0. The van der Waals surface area contributed by atoms with Crippen LogP contribution in [0.25, 0.3) is 0 Å². The van der Waals surface area contributed by atoms with Gasteiger partial charge in [0.15, 0.2) is 0 Å². The van der Waals surface area contributed by atoms with E-state index >= 15 is 0 Å². The van der Waals surface area contributed by atoms with Gasteiger partial charge in [-0.05, 0) is 51.4 Å². The molecule has 3 N–H and O–H groups in total. The van der Waals surface area contributed by atoms with Crippen molar-refractivity contribution in [2.75, 3.05) is 13.2 Å². The molecule has 0 aliphatic carbocycles. The van der Waals surface area contributed by atoms with Crippen molar-refractivity contribution < 1.29 is 24.5 Å². The van der Waals surface area contributed by atoms with Crippen LogP contribution in [-0.2, 0) is 14.3 Å². The number of esters is 1. The fourth-order valence-corrected chi connectivity index (χ4v) is 10.2. The number of carbonyl (C=O) groups is 2. The Morgan fingerprint density at radius 3 is 1.01 bits per heavy atom. The second-order valence-electron chi connectivity index (χ2n) is 22.1. The minimum atomic E-state index is -0.667. The van der Waals surface area contributed by atoms with Crippen LogP contribution < -0.4 is 5.32 Å². The number of ether oxygens (including phenoxy) is 1. The monoisotopic (exact) mass is 988 g/mol. The zero-order chi connectivity index (χ0) is 50.7. The van der Waals surface area contributed by atoms with E-state index in [-0.39, 0.29) is 18.5 Å². The van der Waals surface area contributed by atoms with Crippen molar-refractivity contribution in [2.45, 2.75) is 373 Å². The molecule has 6 heteroatoms. The summed E-state index contributed by atoms with van der Waals surface area (Å²) >= 11 is 0. The van der Waals surface area contributed by atoms with Crippen LogP contribution in [0.15, 0.2) is 12.2 Å². The van der Waals surface area contributed by atoms with E-state index < -0.39 is 12.1 Å². The van der Waals surface area contributed by atoms with Gasteiger partial charge in [-0.15, -0.1) is 0 Å². The van der Waals surface area contributed by atoms with E-state index in [4.69, 9.17) is 4.74 Å². The Hall–Kier alpha value is -1.40. The Morgan fingerprint density at radius 1 is 0.386 bits per heavy atom. The number of hydrogen-bond acceptors (Lipinski definition) is 5. The molecule has 0 heterocycles. The molecular weight excluding hydrogens is 863 g/mol. The number of rotatable bonds is 60.